The van der Waals surface area contributed by atoms with Gasteiger partial charge in [-0.1, -0.05) is 56.7 Å². The molecule has 1 aliphatic carbocycles. The zero-order valence-corrected chi connectivity index (χ0v) is 19.2. The molecule has 1 unspecified atom stereocenters. The van der Waals surface area contributed by atoms with Crippen LogP contribution in [0.25, 0.3) is 0 Å². The second kappa shape index (κ2) is 10.9. The lowest BCUT2D eigenvalue weighted by Crippen LogP contribution is -2.43. The van der Waals surface area contributed by atoms with Crippen molar-refractivity contribution in [1.29, 1.82) is 0 Å². The van der Waals surface area contributed by atoms with E-state index in [1.165, 1.54) is 30.0 Å². The van der Waals surface area contributed by atoms with Gasteiger partial charge in [-0.15, -0.1) is 11.3 Å². The maximum Gasteiger partial charge on any atom is 0.253 e. The van der Waals surface area contributed by atoms with E-state index in [2.05, 4.69) is 10.3 Å². The first-order valence-corrected chi connectivity index (χ1v) is 11.9. The Labute approximate surface area is 191 Å². The summed E-state index contributed by atoms with van der Waals surface area (Å²) in [7, 11) is 0. The molecule has 0 aliphatic heterocycles. The highest BCUT2D eigenvalue weighted by Crippen LogP contribution is 2.28. The minimum absolute atomic E-state index is 0.0360. The molecule has 1 aromatic heterocycles. The molecule has 0 spiro atoms. The smallest absolute Gasteiger partial charge is 0.253 e. The van der Waals surface area contributed by atoms with E-state index in [0.717, 1.165) is 25.7 Å². The molecule has 1 saturated carbocycles. The molecule has 31 heavy (non-hydrogen) atoms. The number of carbonyl (C=O) groups excluding carboxylic acids is 3. The van der Waals surface area contributed by atoms with Crippen molar-refractivity contribution in [3.8, 4) is 0 Å². The molecule has 1 amide bonds. The normalized spacial score (nSPS) is 15.4. The summed E-state index contributed by atoms with van der Waals surface area (Å²) in [6, 6.07) is 4.06. The van der Waals surface area contributed by atoms with Gasteiger partial charge < -0.3 is 11.1 Å². The van der Waals surface area contributed by atoms with Gasteiger partial charge in [0.05, 0.1) is 24.2 Å². The molecule has 3 N–H and O–H groups in total. The van der Waals surface area contributed by atoms with Gasteiger partial charge in [-0.2, -0.15) is 0 Å². The average Bonchev–Trinajstić information content (AvgIpc) is 3.17. The maximum absolute atomic E-state index is 13.1. The van der Waals surface area contributed by atoms with Gasteiger partial charge in [0.1, 0.15) is 9.34 Å². The first-order chi connectivity index (χ1) is 14.9. The predicted octanol–water partition coefficient (Wildman–Crippen LogP) is 4.85. The van der Waals surface area contributed by atoms with E-state index in [4.69, 9.17) is 17.3 Å². The van der Waals surface area contributed by atoms with Gasteiger partial charge in [0, 0.05) is 17.7 Å². The first kappa shape index (κ1) is 23.4. The number of Topliss-reactive ketones (excluding diaryl/α,β-unsaturated/α-hetero) is 2. The van der Waals surface area contributed by atoms with Crippen molar-refractivity contribution in [2.75, 3.05) is 5.73 Å². The van der Waals surface area contributed by atoms with Crippen LogP contribution in [0.5, 0.6) is 0 Å². The molecule has 3 rings (SSSR count). The van der Waals surface area contributed by atoms with Gasteiger partial charge in [-0.25, -0.2) is 4.98 Å². The third-order valence-corrected chi connectivity index (χ3v) is 6.89. The Morgan fingerprint density at radius 1 is 1.26 bits per heavy atom. The number of benzene rings is 1. The molecule has 166 valence electrons. The Morgan fingerprint density at radius 3 is 2.61 bits per heavy atom. The number of ketones is 2. The zero-order chi connectivity index (χ0) is 22.4. The molecule has 1 heterocycles. The second-order valence-corrected chi connectivity index (χ2v) is 9.79. The van der Waals surface area contributed by atoms with Crippen LogP contribution in [0.15, 0.2) is 24.4 Å². The number of carbonyl (C=O) groups is 3. The quantitative estimate of drug-likeness (QED) is 0.410. The lowest BCUT2D eigenvalue weighted by Gasteiger charge is -2.26. The van der Waals surface area contributed by atoms with Crippen molar-refractivity contribution in [3.05, 3.63) is 44.9 Å². The van der Waals surface area contributed by atoms with Gasteiger partial charge in [0.25, 0.3) is 5.91 Å². The number of nitrogen functional groups attached to an aromatic ring is 1. The van der Waals surface area contributed by atoms with Crippen molar-refractivity contribution in [2.24, 2.45) is 5.92 Å². The molecular formula is C23H28ClN3O3S. The van der Waals surface area contributed by atoms with Crippen LogP contribution in [-0.4, -0.2) is 28.5 Å². The van der Waals surface area contributed by atoms with Crippen LogP contribution < -0.4 is 11.1 Å². The third-order valence-electron chi connectivity index (χ3n) is 5.78. The molecule has 0 bridgehead atoms. The van der Waals surface area contributed by atoms with E-state index in [1.807, 2.05) is 0 Å². The number of thiazole rings is 1. The first-order valence-electron chi connectivity index (χ1n) is 10.7. The largest absolute Gasteiger partial charge is 0.398 e. The van der Waals surface area contributed by atoms with Crippen LogP contribution in [0.4, 0.5) is 5.69 Å². The number of nitrogens with two attached hydrogens (primary N) is 1. The van der Waals surface area contributed by atoms with Gasteiger partial charge in [-0.05, 0) is 24.5 Å². The Hall–Kier alpha value is -2.25. The molecular weight excluding hydrogens is 434 g/mol. The lowest BCUT2D eigenvalue weighted by atomic mass is 9.83. The predicted molar refractivity (Wildman–Crippen MR) is 124 cm³/mol. The summed E-state index contributed by atoms with van der Waals surface area (Å²) in [6.07, 6.45) is 8.30. The number of aromatic nitrogens is 1. The molecule has 0 saturated heterocycles. The molecule has 6 nitrogen and oxygen atoms in total. The Balaban J connectivity index is 1.75. The van der Waals surface area contributed by atoms with Gasteiger partial charge in [0.2, 0.25) is 0 Å². The Bertz CT molecular complexity index is 953. The summed E-state index contributed by atoms with van der Waals surface area (Å²) in [6.45, 7) is 1.77. The number of hydrogen-bond donors (Lipinski definition) is 2. The number of nitrogens with zero attached hydrogens (tertiary/aromatic N) is 1. The fourth-order valence-electron chi connectivity index (χ4n) is 4.05. The topological polar surface area (TPSA) is 102 Å². The minimum atomic E-state index is -0.616. The fourth-order valence-corrected chi connectivity index (χ4v) is 5.02. The number of nitrogens with one attached hydrogen (secondary N) is 1. The minimum Gasteiger partial charge on any atom is -0.398 e. The van der Waals surface area contributed by atoms with E-state index in [9.17, 15) is 14.4 Å². The zero-order valence-electron chi connectivity index (χ0n) is 17.7. The van der Waals surface area contributed by atoms with Gasteiger partial charge >= 0.3 is 0 Å². The van der Waals surface area contributed by atoms with Gasteiger partial charge in [0.15, 0.2) is 11.6 Å². The molecule has 1 aliphatic rings. The summed E-state index contributed by atoms with van der Waals surface area (Å²) in [4.78, 5) is 42.1. The molecule has 0 radical (unpaired) electrons. The number of halogens is 1. The van der Waals surface area contributed by atoms with Crippen LogP contribution in [0.2, 0.25) is 4.34 Å². The summed E-state index contributed by atoms with van der Waals surface area (Å²) in [5.74, 6) is -0.114. The number of rotatable bonds is 9. The second-order valence-electron chi connectivity index (χ2n) is 8.05. The summed E-state index contributed by atoms with van der Waals surface area (Å²) >= 11 is 7.22. The van der Waals surface area contributed by atoms with E-state index in [1.54, 1.807) is 19.1 Å². The number of anilines is 1. The van der Waals surface area contributed by atoms with E-state index in [-0.39, 0.29) is 29.2 Å². The summed E-state index contributed by atoms with van der Waals surface area (Å²) in [5, 5.41) is 3.54. The molecule has 2 aromatic rings. The van der Waals surface area contributed by atoms with Crippen LogP contribution >= 0.6 is 22.9 Å². The summed E-state index contributed by atoms with van der Waals surface area (Å²) < 4.78 is 0.533. The van der Waals surface area contributed by atoms with Crippen LogP contribution in [0.1, 0.15) is 77.6 Å². The van der Waals surface area contributed by atoms with Crippen molar-refractivity contribution in [2.45, 2.75) is 64.3 Å². The van der Waals surface area contributed by atoms with E-state index >= 15 is 0 Å². The van der Waals surface area contributed by atoms with E-state index < -0.39 is 11.9 Å². The third kappa shape index (κ3) is 6.37. The van der Waals surface area contributed by atoms with Crippen LogP contribution in [-0.2, 0) is 11.2 Å². The van der Waals surface area contributed by atoms with Crippen molar-refractivity contribution in [1.82, 2.24) is 10.3 Å². The van der Waals surface area contributed by atoms with Crippen molar-refractivity contribution >= 4 is 46.1 Å². The summed E-state index contributed by atoms with van der Waals surface area (Å²) in [5.41, 5.74) is 7.03. The molecule has 8 heteroatoms. The van der Waals surface area contributed by atoms with Crippen LogP contribution in [0, 0.1) is 5.92 Å². The SMILES string of the molecule is CCC(=O)c1ccc(C(=O)NC(CC2CCCCC2)C(=O)Cc2ncc(Cl)s2)c(N)c1. The van der Waals surface area contributed by atoms with Crippen LogP contribution in [0.3, 0.4) is 0 Å². The molecule has 1 fully saturated rings. The lowest BCUT2D eigenvalue weighted by molar-refractivity contribution is -0.120. The number of amides is 1. The Morgan fingerprint density at radius 2 is 2.00 bits per heavy atom. The molecule has 1 aromatic carbocycles. The average molecular weight is 462 g/mol. The van der Waals surface area contributed by atoms with E-state index in [0.29, 0.717) is 33.7 Å². The highest BCUT2D eigenvalue weighted by atomic mass is 35.5. The maximum atomic E-state index is 13.1. The Kier molecular flexibility index (Phi) is 8.21. The molecule has 1 atom stereocenters. The monoisotopic (exact) mass is 461 g/mol. The van der Waals surface area contributed by atoms with Crippen molar-refractivity contribution < 1.29 is 14.4 Å². The highest BCUT2D eigenvalue weighted by Gasteiger charge is 2.27. The number of hydrogen-bond acceptors (Lipinski definition) is 6. The van der Waals surface area contributed by atoms with Gasteiger partial charge in [-0.3, -0.25) is 14.4 Å². The highest BCUT2D eigenvalue weighted by molar-refractivity contribution is 7.15. The van der Waals surface area contributed by atoms with Crippen molar-refractivity contribution in [3.63, 3.8) is 0 Å². The fraction of sp³-hybridized carbons (Fsp3) is 0.478. The standard InChI is InChI=1S/C23H28ClN3O3S/c1-2-19(28)15-8-9-16(17(25)11-15)23(30)27-18(10-14-6-4-3-5-7-14)20(29)12-22-26-13-21(24)31-22/h8-9,11,13-14,18H,2-7,10,12,25H2,1H3,(H,27,30).